The predicted molar refractivity (Wildman–Crippen MR) is 109 cm³/mol. The molecule has 144 valence electrons. The van der Waals surface area contributed by atoms with Gasteiger partial charge in [0.1, 0.15) is 6.33 Å². The molecule has 1 saturated heterocycles. The minimum Gasteiger partial charge on any atom is -0.357 e. The van der Waals surface area contributed by atoms with Crippen LogP contribution in [0.3, 0.4) is 0 Å². The molecule has 1 aliphatic rings. The van der Waals surface area contributed by atoms with Crippen LogP contribution in [0, 0.1) is 0 Å². The molecule has 7 heteroatoms. The van der Waals surface area contributed by atoms with E-state index in [1.165, 1.54) is 6.33 Å². The number of rotatable bonds is 7. The van der Waals surface area contributed by atoms with Gasteiger partial charge in [-0.05, 0) is 31.4 Å². The maximum atomic E-state index is 4.77. The molecule has 3 rings (SSSR count). The van der Waals surface area contributed by atoms with Crippen LogP contribution in [-0.4, -0.2) is 58.3 Å². The van der Waals surface area contributed by atoms with Crippen molar-refractivity contribution in [3.63, 3.8) is 0 Å². The summed E-state index contributed by atoms with van der Waals surface area (Å²) in [5.41, 5.74) is 2.16. The van der Waals surface area contributed by atoms with Crippen LogP contribution >= 0.6 is 0 Å². The number of aromatic amines is 1. The zero-order valence-corrected chi connectivity index (χ0v) is 16.0. The predicted octanol–water partition coefficient (Wildman–Crippen LogP) is 2.18. The van der Waals surface area contributed by atoms with Gasteiger partial charge >= 0.3 is 0 Å². The number of aromatic nitrogens is 3. The van der Waals surface area contributed by atoms with E-state index in [0.717, 1.165) is 61.9 Å². The van der Waals surface area contributed by atoms with E-state index < -0.39 is 0 Å². The number of hydrogen-bond donors (Lipinski definition) is 3. The number of nitrogens with one attached hydrogen (secondary N) is 3. The van der Waals surface area contributed by atoms with Gasteiger partial charge in [0.25, 0.3) is 0 Å². The van der Waals surface area contributed by atoms with E-state index in [4.69, 9.17) is 4.99 Å². The lowest BCUT2D eigenvalue weighted by Gasteiger charge is -2.32. The van der Waals surface area contributed by atoms with Crippen molar-refractivity contribution >= 4 is 5.96 Å². The second-order valence-electron chi connectivity index (χ2n) is 6.74. The molecule has 0 saturated carbocycles. The normalized spacial score (nSPS) is 16.3. The van der Waals surface area contributed by atoms with Gasteiger partial charge in [-0.1, -0.05) is 24.3 Å². The van der Waals surface area contributed by atoms with Gasteiger partial charge in [-0.25, -0.2) is 9.98 Å². The minimum atomic E-state index is 0.462. The van der Waals surface area contributed by atoms with Crippen LogP contribution in [0.1, 0.15) is 25.3 Å². The summed E-state index contributed by atoms with van der Waals surface area (Å²) < 4.78 is 0. The summed E-state index contributed by atoms with van der Waals surface area (Å²) in [4.78, 5) is 11.4. The molecular weight excluding hydrogens is 338 g/mol. The fraction of sp³-hybridized carbons (Fsp3) is 0.450. The molecule has 27 heavy (non-hydrogen) atoms. The Bertz CT molecular complexity index is 731. The Kier molecular flexibility index (Phi) is 6.98. The number of benzene rings is 1. The van der Waals surface area contributed by atoms with Crippen LogP contribution in [0.2, 0.25) is 0 Å². The number of H-pyrrole nitrogens is 1. The number of nitrogens with zero attached hydrogens (tertiary/aromatic N) is 4. The fourth-order valence-electron chi connectivity index (χ4n) is 3.29. The largest absolute Gasteiger partial charge is 0.357 e. The van der Waals surface area contributed by atoms with Gasteiger partial charge in [-0.15, -0.1) is 6.58 Å². The van der Waals surface area contributed by atoms with Crippen LogP contribution in [0.4, 0.5) is 0 Å². The quantitative estimate of drug-likeness (QED) is 0.397. The SMILES string of the molecule is C=CCN1CCC(NC(=NCc2cccc(-c3ncn[nH]3)c2)NCC)CC1. The van der Waals surface area contributed by atoms with Gasteiger partial charge in [0.2, 0.25) is 0 Å². The molecule has 0 aliphatic carbocycles. The van der Waals surface area contributed by atoms with E-state index in [1.807, 2.05) is 18.2 Å². The Balaban J connectivity index is 1.59. The van der Waals surface area contributed by atoms with Crippen molar-refractivity contribution in [2.45, 2.75) is 32.4 Å². The Morgan fingerprint density at radius 2 is 2.26 bits per heavy atom. The van der Waals surface area contributed by atoms with E-state index in [0.29, 0.717) is 12.6 Å². The molecule has 7 nitrogen and oxygen atoms in total. The standard InChI is InChI=1S/C20H29N7/c1-3-10-27-11-8-18(9-12-27)25-20(21-4-2)22-14-16-6-5-7-17(13-16)19-23-15-24-26-19/h3,5-7,13,15,18H,1,4,8-12,14H2,2H3,(H2,21,22,25)(H,23,24,26). The van der Waals surface area contributed by atoms with E-state index >= 15 is 0 Å². The van der Waals surface area contributed by atoms with Crippen LogP contribution < -0.4 is 10.6 Å². The number of aliphatic imine (C=N–C) groups is 1. The maximum absolute atomic E-state index is 4.77. The zero-order chi connectivity index (χ0) is 18.9. The highest BCUT2D eigenvalue weighted by molar-refractivity contribution is 5.80. The molecule has 0 bridgehead atoms. The monoisotopic (exact) mass is 367 g/mol. The molecule has 2 aromatic rings. The molecule has 0 atom stereocenters. The minimum absolute atomic E-state index is 0.462. The lowest BCUT2D eigenvalue weighted by atomic mass is 10.1. The summed E-state index contributed by atoms with van der Waals surface area (Å²) in [6, 6.07) is 8.69. The summed E-state index contributed by atoms with van der Waals surface area (Å²) in [5, 5.41) is 13.8. The summed E-state index contributed by atoms with van der Waals surface area (Å²) in [6.07, 6.45) is 5.75. The van der Waals surface area contributed by atoms with Crippen molar-refractivity contribution in [2.75, 3.05) is 26.2 Å². The topological polar surface area (TPSA) is 81.2 Å². The van der Waals surface area contributed by atoms with Gasteiger partial charge in [0.05, 0.1) is 6.54 Å². The second kappa shape index (κ2) is 9.87. The Morgan fingerprint density at radius 3 is 2.96 bits per heavy atom. The van der Waals surface area contributed by atoms with Crippen LogP contribution in [0.5, 0.6) is 0 Å². The summed E-state index contributed by atoms with van der Waals surface area (Å²) in [7, 11) is 0. The molecule has 1 aromatic heterocycles. The molecule has 0 unspecified atom stereocenters. The van der Waals surface area contributed by atoms with Gasteiger partial charge in [0.15, 0.2) is 11.8 Å². The Morgan fingerprint density at radius 1 is 1.41 bits per heavy atom. The highest BCUT2D eigenvalue weighted by atomic mass is 15.2. The summed E-state index contributed by atoms with van der Waals surface area (Å²) >= 11 is 0. The van der Waals surface area contributed by atoms with Crippen molar-refractivity contribution in [1.82, 2.24) is 30.7 Å². The van der Waals surface area contributed by atoms with E-state index in [9.17, 15) is 0 Å². The first kappa shape index (κ1) is 19.1. The molecule has 1 aliphatic heterocycles. The third-order valence-corrected chi connectivity index (χ3v) is 4.70. The number of likely N-dealkylation sites (tertiary alicyclic amines) is 1. The van der Waals surface area contributed by atoms with Gasteiger partial charge < -0.3 is 10.6 Å². The van der Waals surface area contributed by atoms with Crippen molar-refractivity contribution < 1.29 is 0 Å². The first-order valence-electron chi connectivity index (χ1n) is 9.61. The molecule has 3 N–H and O–H groups in total. The highest BCUT2D eigenvalue weighted by Gasteiger charge is 2.19. The van der Waals surface area contributed by atoms with E-state index in [-0.39, 0.29) is 0 Å². The molecule has 0 spiro atoms. The van der Waals surface area contributed by atoms with Crippen molar-refractivity contribution in [3.8, 4) is 11.4 Å². The van der Waals surface area contributed by atoms with Crippen LogP contribution in [0.15, 0.2) is 48.2 Å². The van der Waals surface area contributed by atoms with Gasteiger partial charge in [-0.3, -0.25) is 10.00 Å². The summed E-state index contributed by atoms with van der Waals surface area (Å²) in [6.45, 7) is 10.6. The van der Waals surface area contributed by atoms with Crippen LogP contribution in [0.25, 0.3) is 11.4 Å². The Hall–Kier alpha value is -2.67. The number of piperidine rings is 1. The lowest BCUT2D eigenvalue weighted by molar-refractivity contribution is 0.225. The molecule has 1 fully saturated rings. The van der Waals surface area contributed by atoms with Crippen molar-refractivity contribution in [2.24, 2.45) is 4.99 Å². The lowest BCUT2D eigenvalue weighted by Crippen LogP contribution is -2.48. The molecule has 0 amide bonds. The second-order valence-corrected chi connectivity index (χ2v) is 6.74. The molecule has 0 radical (unpaired) electrons. The number of guanidine groups is 1. The smallest absolute Gasteiger partial charge is 0.191 e. The van der Waals surface area contributed by atoms with Crippen LogP contribution in [-0.2, 0) is 6.54 Å². The Labute approximate surface area is 161 Å². The first-order valence-corrected chi connectivity index (χ1v) is 9.61. The maximum Gasteiger partial charge on any atom is 0.191 e. The molecule has 2 heterocycles. The average molecular weight is 368 g/mol. The highest BCUT2D eigenvalue weighted by Crippen LogP contribution is 2.16. The molecule has 1 aromatic carbocycles. The fourth-order valence-corrected chi connectivity index (χ4v) is 3.29. The van der Waals surface area contributed by atoms with Crippen molar-refractivity contribution in [1.29, 1.82) is 0 Å². The first-order chi connectivity index (χ1) is 13.3. The third-order valence-electron chi connectivity index (χ3n) is 4.70. The van der Waals surface area contributed by atoms with E-state index in [1.54, 1.807) is 0 Å². The van der Waals surface area contributed by atoms with Gasteiger partial charge in [-0.2, -0.15) is 5.10 Å². The van der Waals surface area contributed by atoms with E-state index in [2.05, 4.69) is 56.4 Å². The zero-order valence-electron chi connectivity index (χ0n) is 16.0. The molecular formula is C20H29N7. The van der Waals surface area contributed by atoms with Crippen molar-refractivity contribution in [3.05, 3.63) is 48.8 Å². The number of hydrogen-bond acceptors (Lipinski definition) is 4. The average Bonchev–Trinajstić information content (AvgIpc) is 3.23. The summed E-state index contributed by atoms with van der Waals surface area (Å²) in [5.74, 6) is 1.65. The van der Waals surface area contributed by atoms with Gasteiger partial charge in [0, 0.05) is 37.8 Å². The third kappa shape index (κ3) is 5.65.